The Bertz CT molecular complexity index is 5880. The SMILES string of the molecule is c1ccc(-c2nc(-c3ccccc3)nc(-c3cccc(-c4ccc(-n5c6ccccc6c6c7cc(-c8cccc(-c9nc(-c%10ccccc%10)nc(-c%10ccc(-c%11ccc(-n%12c%13ccccc%13c%13ccc%14ccccc%14c%13%12)cc%11)cc%10)n9)c8)ccc7ccc65)cc4)c3)n2)cc1. The van der Waals surface area contributed by atoms with Crippen LogP contribution in [0, 0.1) is 0 Å². The normalized spacial score (nSPS) is 11.6. The molecule has 0 bridgehead atoms. The summed E-state index contributed by atoms with van der Waals surface area (Å²) in [7, 11) is 0. The van der Waals surface area contributed by atoms with Gasteiger partial charge in [-0.25, -0.2) is 29.9 Å². The summed E-state index contributed by atoms with van der Waals surface area (Å²) in [5.74, 6) is 3.72. The Hall–Kier alpha value is -12.8. The zero-order chi connectivity index (χ0) is 62.1. The standard InChI is InChI=1S/C86H54N8/c1-4-19-60(20-5-1)81-87-82(61-21-6-2-7-22-61)90-85(89-81)67-27-16-25-64(52-67)57-42-46-69(47-43-57)93-77-33-15-13-31-74(77)79-75-54-66(39-36-59(75)45-51-78(79)93)65-26-17-28-68(53-65)86-91-83(62-23-8-3-9-24-62)88-84(92-86)63-37-34-55(35-38-63)56-40-48-70(49-41-56)94-76-32-14-12-30-72(76)73-50-44-58-18-10-11-29-71(58)80(73)94/h1-54H. The molecule has 4 aromatic heterocycles. The van der Waals surface area contributed by atoms with Crippen molar-refractivity contribution < 1.29 is 0 Å². The summed E-state index contributed by atoms with van der Waals surface area (Å²) in [4.78, 5) is 30.5. The van der Waals surface area contributed by atoms with Gasteiger partial charge in [0.05, 0.1) is 22.1 Å². The van der Waals surface area contributed by atoms with Crippen molar-refractivity contribution in [2.45, 2.75) is 0 Å². The van der Waals surface area contributed by atoms with Gasteiger partial charge in [0.2, 0.25) is 0 Å². The van der Waals surface area contributed by atoms with Crippen LogP contribution in [0.4, 0.5) is 0 Å². The van der Waals surface area contributed by atoms with Crippen LogP contribution in [-0.2, 0) is 0 Å². The first-order chi connectivity index (χ1) is 46.6. The molecule has 18 aromatic rings. The van der Waals surface area contributed by atoms with Crippen LogP contribution in [0.25, 0.3) is 178 Å². The molecule has 0 spiro atoms. The van der Waals surface area contributed by atoms with Crippen molar-refractivity contribution in [1.82, 2.24) is 39.0 Å². The third-order valence-corrected chi connectivity index (χ3v) is 18.2. The molecular weight excluding hydrogens is 1150 g/mol. The number of benzene rings is 14. The van der Waals surface area contributed by atoms with Gasteiger partial charge in [0.1, 0.15) is 0 Å². The van der Waals surface area contributed by atoms with Crippen molar-refractivity contribution in [1.29, 1.82) is 0 Å². The second-order valence-corrected chi connectivity index (χ2v) is 23.8. The van der Waals surface area contributed by atoms with Gasteiger partial charge in [-0.3, -0.25) is 0 Å². The predicted molar refractivity (Wildman–Crippen MR) is 386 cm³/mol. The summed E-state index contributed by atoms with van der Waals surface area (Å²) in [6.07, 6.45) is 0. The lowest BCUT2D eigenvalue weighted by Gasteiger charge is -2.12. The maximum absolute atomic E-state index is 5.23. The number of fused-ring (bicyclic) bond motifs is 10. The minimum Gasteiger partial charge on any atom is -0.309 e. The van der Waals surface area contributed by atoms with Gasteiger partial charge in [0.15, 0.2) is 34.9 Å². The van der Waals surface area contributed by atoms with Crippen LogP contribution in [0.3, 0.4) is 0 Å². The minimum atomic E-state index is 0.603. The molecule has 0 aliphatic carbocycles. The maximum atomic E-state index is 5.23. The molecule has 0 aliphatic rings. The Morgan fingerprint density at radius 2 is 0.532 bits per heavy atom. The van der Waals surface area contributed by atoms with Gasteiger partial charge in [0.25, 0.3) is 0 Å². The van der Waals surface area contributed by atoms with Crippen LogP contribution in [0.5, 0.6) is 0 Å². The summed E-state index contributed by atoms with van der Waals surface area (Å²) in [6.45, 7) is 0. The van der Waals surface area contributed by atoms with Crippen LogP contribution >= 0.6 is 0 Å². The smallest absolute Gasteiger partial charge is 0.164 e. The molecule has 0 saturated heterocycles. The highest BCUT2D eigenvalue weighted by molar-refractivity contribution is 6.22. The Balaban J connectivity index is 0.660. The lowest BCUT2D eigenvalue weighted by atomic mass is 9.97. The van der Waals surface area contributed by atoms with E-state index in [-0.39, 0.29) is 0 Å². The van der Waals surface area contributed by atoms with Crippen molar-refractivity contribution in [2.75, 3.05) is 0 Å². The second kappa shape index (κ2) is 22.6. The third kappa shape index (κ3) is 9.56. The molecule has 4 heterocycles. The van der Waals surface area contributed by atoms with Crippen molar-refractivity contribution in [3.05, 3.63) is 328 Å². The largest absolute Gasteiger partial charge is 0.309 e. The summed E-state index contributed by atoms with van der Waals surface area (Å²) in [5, 5.41) is 9.70. The van der Waals surface area contributed by atoms with Crippen molar-refractivity contribution >= 4 is 65.2 Å². The molecule has 0 amide bonds. The molecule has 438 valence electrons. The fourth-order valence-electron chi connectivity index (χ4n) is 13.6. The number of hydrogen-bond donors (Lipinski definition) is 0. The molecule has 0 fully saturated rings. The molecular formula is C86H54N8. The Labute approximate surface area is 541 Å². The molecule has 0 unspecified atom stereocenters. The molecule has 0 radical (unpaired) electrons. The van der Waals surface area contributed by atoms with E-state index in [1.54, 1.807) is 0 Å². The molecule has 8 heteroatoms. The highest BCUT2D eigenvalue weighted by atomic mass is 15.0. The van der Waals surface area contributed by atoms with Gasteiger partial charge in [-0.2, -0.15) is 0 Å². The Morgan fingerprint density at radius 3 is 1.10 bits per heavy atom. The summed E-state index contributed by atoms with van der Waals surface area (Å²) < 4.78 is 4.80. The monoisotopic (exact) mass is 1200 g/mol. The number of nitrogens with zero attached hydrogens (tertiary/aromatic N) is 8. The average Bonchev–Trinajstić information content (AvgIpc) is 1.55. The topological polar surface area (TPSA) is 87.2 Å². The molecule has 0 N–H and O–H groups in total. The first-order valence-electron chi connectivity index (χ1n) is 31.7. The van der Waals surface area contributed by atoms with Crippen molar-refractivity contribution in [3.63, 3.8) is 0 Å². The van der Waals surface area contributed by atoms with Gasteiger partial charge in [0, 0.05) is 71.7 Å². The van der Waals surface area contributed by atoms with Crippen LogP contribution in [0.1, 0.15) is 0 Å². The quantitative estimate of drug-likeness (QED) is 0.128. The van der Waals surface area contributed by atoms with Crippen molar-refractivity contribution in [3.8, 4) is 113 Å². The summed E-state index contributed by atoms with van der Waals surface area (Å²) in [6, 6.07) is 116. The fourth-order valence-corrected chi connectivity index (χ4v) is 13.6. The van der Waals surface area contributed by atoms with E-state index in [1.807, 2.05) is 78.9 Å². The number of aromatic nitrogens is 8. The molecule has 8 nitrogen and oxygen atoms in total. The maximum Gasteiger partial charge on any atom is 0.164 e. The van der Waals surface area contributed by atoms with Crippen LogP contribution in [-0.4, -0.2) is 39.0 Å². The van der Waals surface area contributed by atoms with Crippen molar-refractivity contribution in [2.24, 2.45) is 0 Å². The van der Waals surface area contributed by atoms with E-state index in [0.717, 1.165) is 89.2 Å². The average molecular weight is 1200 g/mol. The van der Waals surface area contributed by atoms with E-state index in [9.17, 15) is 0 Å². The van der Waals surface area contributed by atoms with Gasteiger partial charge in [-0.1, -0.05) is 267 Å². The van der Waals surface area contributed by atoms with E-state index in [4.69, 9.17) is 29.9 Å². The van der Waals surface area contributed by atoms with Crippen LogP contribution in [0.2, 0.25) is 0 Å². The second-order valence-electron chi connectivity index (χ2n) is 23.8. The first kappa shape index (κ1) is 54.2. The Morgan fingerprint density at radius 1 is 0.181 bits per heavy atom. The van der Waals surface area contributed by atoms with Gasteiger partial charge >= 0.3 is 0 Å². The van der Waals surface area contributed by atoms with E-state index >= 15 is 0 Å². The highest BCUT2D eigenvalue weighted by Crippen LogP contribution is 2.41. The number of para-hydroxylation sites is 2. The highest BCUT2D eigenvalue weighted by Gasteiger charge is 2.20. The molecule has 0 atom stereocenters. The predicted octanol–water partition coefficient (Wildman–Crippen LogP) is 21.6. The number of hydrogen-bond acceptors (Lipinski definition) is 6. The van der Waals surface area contributed by atoms with Gasteiger partial charge in [-0.05, 0) is 110 Å². The van der Waals surface area contributed by atoms with Gasteiger partial charge < -0.3 is 9.13 Å². The lowest BCUT2D eigenvalue weighted by Crippen LogP contribution is -2.00. The molecule has 18 rings (SSSR count). The molecule has 94 heavy (non-hydrogen) atoms. The van der Waals surface area contributed by atoms with E-state index in [0.29, 0.717) is 34.9 Å². The zero-order valence-electron chi connectivity index (χ0n) is 50.8. The fraction of sp³-hybridized carbons (Fsp3) is 0. The lowest BCUT2D eigenvalue weighted by molar-refractivity contribution is 1.07. The minimum absolute atomic E-state index is 0.603. The Kier molecular flexibility index (Phi) is 13.0. The molecule has 14 aromatic carbocycles. The number of rotatable bonds is 11. The zero-order valence-corrected chi connectivity index (χ0v) is 50.8. The summed E-state index contributed by atoms with van der Waals surface area (Å²) in [5.41, 5.74) is 18.9. The van der Waals surface area contributed by atoms with Crippen LogP contribution in [0.15, 0.2) is 328 Å². The van der Waals surface area contributed by atoms with E-state index in [2.05, 4.69) is 258 Å². The third-order valence-electron chi connectivity index (χ3n) is 18.2. The van der Waals surface area contributed by atoms with Crippen LogP contribution < -0.4 is 0 Å². The summed E-state index contributed by atoms with van der Waals surface area (Å²) >= 11 is 0. The molecule has 0 aliphatic heterocycles. The molecule has 0 saturated carbocycles. The first-order valence-corrected chi connectivity index (χ1v) is 31.7. The van der Waals surface area contributed by atoms with E-state index < -0.39 is 0 Å². The van der Waals surface area contributed by atoms with E-state index in [1.165, 1.54) is 54.1 Å². The van der Waals surface area contributed by atoms with Gasteiger partial charge in [-0.15, -0.1) is 0 Å².